The summed E-state index contributed by atoms with van der Waals surface area (Å²) in [5.74, 6) is 0. The van der Waals surface area contributed by atoms with Gasteiger partial charge in [0.2, 0.25) is 0 Å². The van der Waals surface area contributed by atoms with Crippen molar-refractivity contribution in [3.05, 3.63) is 0 Å². The van der Waals surface area contributed by atoms with E-state index in [2.05, 4.69) is 12.6 Å². The minimum atomic E-state index is -5.65. The SMILES string of the molecule is B.O=P(O[Si](O)(O)O)(O[Si](O)(O)O)O[Si](O)(O)O. The van der Waals surface area contributed by atoms with Crippen molar-refractivity contribution < 1.29 is 60.4 Å². The highest BCUT2D eigenvalue weighted by Crippen LogP contribution is 2.53. The highest BCUT2D eigenvalue weighted by atomic mass is 31.2. The van der Waals surface area contributed by atoms with Gasteiger partial charge in [-0.2, -0.15) is 0 Å². The van der Waals surface area contributed by atoms with Crippen molar-refractivity contribution in [1.82, 2.24) is 0 Å². The monoisotopic (exact) mass is 346 g/mol. The number of hydrogen-bond donors (Lipinski definition) is 9. The van der Waals surface area contributed by atoms with Gasteiger partial charge in [-0.1, -0.05) is 0 Å². The number of rotatable bonds is 6. The van der Waals surface area contributed by atoms with Crippen LogP contribution >= 0.6 is 7.82 Å². The van der Waals surface area contributed by atoms with Crippen LogP contribution in [0.3, 0.4) is 0 Å². The lowest BCUT2D eigenvalue weighted by atomic mass is 10.8. The first-order valence-electron chi connectivity index (χ1n) is 3.36. The van der Waals surface area contributed by atoms with Crippen LogP contribution in [0.5, 0.6) is 0 Å². The Labute approximate surface area is 104 Å². The first-order chi connectivity index (χ1) is 7.12. The average Bonchev–Trinajstić information content (AvgIpc) is 1.65. The molecule has 0 fully saturated rings. The van der Waals surface area contributed by atoms with Crippen LogP contribution in [-0.2, 0) is 17.2 Å². The summed E-state index contributed by atoms with van der Waals surface area (Å²) in [4.78, 5) is 75.5. The van der Waals surface area contributed by atoms with Crippen LogP contribution in [0.4, 0.5) is 0 Å². The average molecular weight is 346 g/mol. The van der Waals surface area contributed by atoms with Crippen LogP contribution in [0.1, 0.15) is 0 Å². The van der Waals surface area contributed by atoms with Crippen molar-refractivity contribution in [3.63, 3.8) is 0 Å². The Morgan fingerprint density at radius 3 is 0.889 bits per heavy atom. The van der Waals surface area contributed by atoms with Gasteiger partial charge in [-0.05, 0) is 0 Å². The van der Waals surface area contributed by atoms with E-state index in [-0.39, 0.29) is 8.41 Å². The number of phosphoric acid groups is 1. The van der Waals surface area contributed by atoms with Crippen LogP contribution in [0.2, 0.25) is 0 Å². The molecule has 0 saturated carbocycles. The fraction of sp³-hybridized carbons (Fsp3) is 0. The van der Waals surface area contributed by atoms with E-state index in [0.717, 1.165) is 0 Å². The zero-order valence-electron chi connectivity index (χ0n) is 7.61. The van der Waals surface area contributed by atoms with Gasteiger partial charge in [0.05, 0.1) is 8.41 Å². The molecule has 110 valence electrons. The molecule has 0 atom stereocenters. The van der Waals surface area contributed by atoms with E-state index in [1.165, 1.54) is 0 Å². The fourth-order valence-corrected chi connectivity index (χ4v) is 5.56. The van der Waals surface area contributed by atoms with E-state index < -0.39 is 35.0 Å². The van der Waals surface area contributed by atoms with E-state index in [9.17, 15) is 4.57 Å². The topological polar surface area (TPSA) is 227 Å². The lowest BCUT2D eigenvalue weighted by Crippen LogP contribution is -2.46. The predicted octanol–water partition coefficient (Wildman–Crippen LogP) is -6.80. The first kappa shape index (κ1) is 20.8. The summed E-state index contributed by atoms with van der Waals surface area (Å²) in [5, 5.41) is 0. The third-order valence-corrected chi connectivity index (χ3v) is 6.33. The zero-order valence-corrected chi connectivity index (χ0v) is 11.5. The van der Waals surface area contributed by atoms with Gasteiger partial charge in [0.25, 0.3) is 0 Å². The molecule has 0 spiro atoms. The standard InChI is InChI=1S/BH3.H9O13PSi3/c;1-14(11-15(2,3)4,12-16(5,6)7)13-17(8,9)10/h1H3;2-10H. The summed E-state index contributed by atoms with van der Waals surface area (Å²) in [6.45, 7) is 0. The Morgan fingerprint density at radius 2 is 0.778 bits per heavy atom. The predicted molar refractivity (Wildman–Crippen MR) is 58.0 cm³/mol. The normalized spacial score (nSPS) is 14.3. The molecule has 0 bridgehead atoms. The van der Waals surface area contributed by atoms with E-state index in [4.69, 9.17) is 43.2 Å². The van der Waals surface area contributed by atoms with Crippen LogP contribution in [0, 0.1) is 0 Å². The number of hydrogen-bond acceptors (Lipinski definition) is 13. The van der Waals surface area contributed by atoms with E-state index in [1.54, 1.807) is 0 Å². The second kappa shape index (κ2) is 6.28. The lowest BCUT2D eigenvalue weighted by molar-refractivity contribution is 0.0555. The molecule has 0 aliphatic carbocycles. The van der Waals surface area contributed by atoms with Crippen molar-refractivity contribution in [2.75, 3.05) is 0 Å². The van der Waals surface area contributed by atoms with Gasteiger partial charge < -0.3 is 43.2 Å². The summed E-state index contributed by atoms with van der Waals surface area (Å²) in [6, 6.07) is 0. The Bertz CT molecular complexity index is 247. The molecule has 0 saturated heterocycles. The minimum Gasteiger partial charge on any atom is -0.367 e. The fourth-order valence-electron chi connectivity index (χ4n) is 0.506. The molecule has 0 amide bonds. The summed E-state index contributed by atoms with van der Waals surface area (Å²) in [6.07, 6.45) is 0. The molecule has 13 nitrogen and oxygen atoms in total. The smallest absolute Gasteiger partial charge is 0.367 e. The molecule has 0 aliphatic heterocycles. The summed E-state index contributed by atoms with van der Waals surface area (Å²) < 4.78 is 21.5. The largest absolute Gasteiger partial charge is 0.680 e. The maximum atomic E-state index is 11.3. The van der Waals surface area contributed by atoms with Gasteiger partial charge in [-0.15, -0.1) is 0 Å². The van der Waals surface area contributed by atoms with Crippen molar-refractivity contribution >= 4 is 43.4 Å². The Morgan fingerprint density at radius 1 is 0.611 bits per heavy atom. The molecule has 9 N–H and O–H groups in total. The van der Waals surface area contributed by atoms with Gasteiger partial charge in [-0.25, -0.2) is 4.57 Å². The van der Waals surface area contributed by atoms with Gasteiger partial charge in [0.15, 0.2) is 0 Å². The van der Waals surface area contributed by atoms with Crippen LogP contribution in [0.15, 0.2) is 0 Å². The molecule has 0 unspecified atom stereocenters. The molecular formula is H12BO13PSi3. The minimum absolute atomic E-state index is 0. The third-order valence-electron chi connectivity index (χ3n) is 0.703. The lowest BCUT2D eigenvalue weighted by Gasteiger charge is -2.24. The first-order valence-corrected chi connectivity index (χ1v) is 10.1. The second-order valence-corrected chi connectivity index (χ2v) is 8.97. The maximum Gasteiger partial charge on any atom is 0.680 e. The zero-order chi connectivity index (χ0) is 14.1. The van der Waals surface area contributed by atoms with Gasteiger partial charge in [-0.3, -0.25) is 12.6 Å². The van der Waals surface area contributed by atoms with Crippen LogP contribution in [0.25, 0.3) is 0 Å². The molecular weight excluding hydrogens is 334 g/mol. The molecule has 18 heavy (non-hydrogen) atoms. The summed E-state index contributed by atoms with van der Waals surface area (Å²) >= 11 is 0. The van der Waals surface area contributed by atoms with E-state index in [0.29, 0.717) is 0 Å². The van der Waals surface area contributed by atoms with E-state index >= 15 is 0 Å². The Kier molecular flexibility index (Phi) is 7.25. The van der Waals surface area contributed by atoms with Crippen molar-refractivity contribution in [1.29, 1.82) is 0 Å². The van der Waals surface area contributed by atoms with Crippen molar-refractivity contribution in [2.24, 2.45) is 0 Å². The molecule has 0 aromatic heterocycles. The molecule has 0 radical (unpaired) electrons. The van der Waals surface area contributed by atoms with Gasteiger partial charge in [0.1, 0.15) is 0 Å². The second-order valence-electron chi connectivity index (χ2n) is 2.44. The molecule has 18 heteroatoms. The van der Waals surface area contributed by atoms with Crippen LogP contribution < -0.4 is 0 Å². The van der Waals surface area contributed by atoms with Gasteiger partial charge >= 0.3 is 35.0 Å². The Balaban J connectivity index is 0. The molecule has 0 aromatic carbocycles. The van der Waals surface area contributed by atoms with Gasteiger partial charge in [0, 0.05) is 0 Å². The quantitative estimate of drug-likeness (QED) is 0.161. The van der Waals surface area contributed by atoms with Crippen molar-refractivity contribution in [3.8, 4) is 0 Å². The van der Waals surface area contributed by atoms with E-state index in [1.807, 2.05) is 0 Å². The highest BCUT2D eigenvalue weighted by Gasteiger charge is 2.55. The van der Waals surface area contributed by atoms with Crippen LogP contribution in [-0.4, -0.2) is 78.7 Å². The third kappa shape index (κ3) is 11.6. The summed E-state index contributed by atoms with van der Waals surface area (Å²) in [7, 11) is -22.5. The summed E-state index contributed by atoms with van der Waals surface area (Å²) in [5.41, 5.74) is 0. The maximum absolute atomic E-state index is 11.3. The highest BCUT2D eigenvalue weighted by molar-refractivity contribution is 7.52. The Hall–Kier alpha value is 0.466. The molecule has 0 rings (SSSR count). The molecule has 0 heterocycles. The molecule has 0 aliphatic rings. The molecule has 0 aromatic rings. The van der Waals surface area contributed by atoms with Crippen molar-refractivity contribution in [2.45, 2.75) is 0 Å².